The van der Waals surface area contributed by atoms with E-state index in [0.717, 1.165) is 12.1 Å². The van der Waals surface area contributed by atoms with Crippen LogP contribution in [0, 0.1) is 0 Å². The molecule has 1 aliphatic heterocycles. The molecule has 0 radical (unpaired) electrons. The molecule has 3 rings (SSSR count). The quantitative estimate of drug-likeness (QED) is 0.902. The maximum absolute atomic E-state index is 12.1. The molecule has 1 unspecified atom stereocenters. The van der Waals surface area contributed by atoms with Crippen LogP contribution in [0.4, 0.5) is 5.69 Å². The third-order valence-corrected chi connectivity index (χ3v) is 3.07. The lowest BCUT2D eigenvalue weighted by Gasteiger charge is -2.22. The number of ether oxygens (including phenoxy) is 1. The van der Waals surface area contributed by atoms with Crippen molar-refractivity contribution in [3.05, 3.63) is 36.9 Å². The molecular formula is C14H16ClN3O3. The van der Waals surface area contributed by atoms with Crippen molar-refractivity contribution >= 4 is 24.0 Å². The monoisotopic (exact) mass is 309 g/mol. The first kappa shape index (κ1) is 15.5. The second-order valence-electron chi connectivity index (χ2n) is 4.50. The van der Waals surface area contributed by atoms with Crippen molar-refractivity contribution in [2.24, 2.45) is 0 Å². The molecule has 1 saturated heterocycles. The first-order valence-corrected chi connectivity index (χ1v) is 6.45. The summed E-state index contributed by atoms with van der Waals surface area (Å²) in [6, 6.07) is 7.42. The number of carbonyl (C=O) groups is 1. The Bertz CT molecular complexity index is 583. The molecule has 0 aliphatic carbocycles. The molecule has 1 amide bonds. The maximum Gasteiger partial charge on any atom is 0.254 e. The third kappa shape index (κ3) is 3.81. The number of oxazole rings is 1. The molecule has 2 N–H and O–H groups in total. The summed E-state index contributed by atoms with van der Waals surface area (Å²) in [5.41, 5.74) is 1.57. The molecule has 112 valence electrons. The second-order valence-corrected chi connectivity index (χ2v) is 4.50. The van der Waals surface area contributed by atoms with E-state index in [1.54, 1.807) is 6.20 Å². The zero-order chi connectivity index (χ0) is 13.8. The van der Waals surface area contributed by atoms with Crippen LogP contribution in [0.15, 0.2) is 41.3 Å². The van der Waals surface area contributed by atoms with E-state index in [0.29, 0.717) is 24.6 Å². The van der Waals surface area contributed by atoms with Crippen LogP contribution in [0.1, 0.15) is 0 Å². The van der Waals surface area contributed by atoms with Gasteiger partial charge in [-0.15, -0.1) is 12.4 Å². The summed E-state index contributed by atoms with van der Waals surface area (Å²) >= 11 is 0. The number of amides is 1. The predicted octanol–water partition coefficient (Wildman–Crippen LogP) is 1.69. The maximum atomic E-state index is 12.1. The highest BCUT2D eigenvalue weighted by atomic mass is 35.5. The summed E-state index contributed by atoms with van der Waals surface area (Å²) in [4.78, 5) is 15.9. The minimum absolute atomic E-state index is 0. The van der Waals surface area contributed by atoms with Crippen molar-refractivity contribution in [3.63, 3.8) is 0 Å². The van der Waals surface area contributed by atoms with Gasteiger partial charge in [0.1, 0.15) is 6.10 Å². The number of morpholine rings is 1. The summed E-state index contributed by atoms with van der Waals surface area (Å²) in [5.74, 6) is 0.517. The summed E-state index contributed by atoms with van der Waals surface area (Å²) in [7, 11) is 0. The van der Waals surface area contributed by atoms with E-state index in [1.807, 2.05) is 24.3 Å². The van der Waals surface area contributed by atoms with Crippen LogP contribution in [0.25, 0.3) is 11.3 Å². The van der Waals surface area contributed by atoms with Gasteiger partial charge in [-0.1, -0.05) is 12.1 Å². The molecular weight excluding hydrogens is 294 g/mol. The molecule has 2 heterocycles. The van der Waals surface area contributed by atoms with Gasteiger partial charge in [0, 0.05) is 24.3 Å². The number of benzene rings is 1. The van der Waals surface area contributed by atoms with E-state index in [-0.39, 0.29) is 18.3 Å². The van der Waals surface area contributed by atoms with Gasteiger partial charge in [0.15, 0.2) is 12.2 Å². The van der Waals surface area contributed by atoms with Crippen molar-refractivity contribution in [1.82, 2.24) is 10.3 Å². The molecule has 0 bridgehead atoms. The fourth-order valence-corrected chi connectivity index (χ4v) is 2.07. The minimum Gasteiger partial charge on any atom is -0.444 e. The van der Waals surface area contributed by atoms with Crippen LogP contribution in [-0.4, -0.2) is 36.7 Å². The number of nitrogens with zero attached hydrogens (tertiary/aromatic N) is 1. The van der Waals surface area contributed by atoms with Crippen LogP contribution >= 0.6 is 12.4 Å². The van der Waals surface area contributed by atoms with Crippen molar-refractivity contribution < 1.29 is 13.9 Å². The molecule has 1 aromatic heterocycles. The van der Waals surface area contributed by atoms with E-state index < -0.39 is 6.10 Å². The minimum atomic E-state index is -0.447. The second kappa shape index (κ2) is 7.21. The summed E-state index contributed by atoms with van der Waals surface area (Å²) in [6.45, 7) is 1.87. The first-order valence-electron chi connectivity index (χ1n) is 6.45. The zero-order valence-corrected chi connectivity index (χ0v) is 12.1. The third-order valence-electron chi connectivity index (χ3n) is 3.07. The number of nitrogens with one attached hydrogen (secondary N) is 2. The van der Waals surface area contributed by atoms with Crippen LogP contribution in [0.5, 0.6) is 0 Å². The van der Waals surface area contributed by atoms with Crippen molar-refractivity contribution in [2.75, 3.05) is 25.0 Å². The molecule has 1 aliphatic rings. The van der Waals surface area contributed by atoms with Crippen molar-refractivity contribution in [3.8, 4) is 11.3 Å². The van der Waals surface area contributed by atoms with Crippen LogP contribution in [-0.2, 0) is 9.53 Å². The Balaban J connectivity index is 0.00000161. The Morgan fingerprint density at radius 3 is 3.05 bits per heavy atom. The normalized spacial score (nSPS) is 17.8. The van der Waals surface area contributed by atoms with E-state index in [4.69, 9.17) is 9.15 Å². The molecule has 1 atom stereocenters. The number of halogens is 1. The van der Waals surface area contributed by atoms with Crippen molar-refractivity contribution in [2.45, 2.75) is 6.10 Å². The fraction of sp³-hybridized carbons (Fsp3) is 0.286. The average molecular weight is 310 g/mol. The standard InChI is InChI=1S/C14H15N3O3.ClH/c18-14(13-8-15-4-5-19-13)17-11-3-1-2-10(6-11)12-7-16-9-20-12;/h1-3,6-7,9,13,15H,4-5,8H2,(H,17,18);1H. The van der Waals surface area contributed by atoms with E-state index >= 15 is 0 Å². The Labute approximate surface area is 128 Å². The van der Waals surface area contributed by atoms with Gasteiger partial charge >= 0.3 is 0 Å². The Morgan fingerprint density at radius 1 is 1.43 bits per heavy atom. The van der Waals surface area contributed by atoms with Crippen LogP contribution < -0.4 is 10.6 Å². The highest BCUT2D eigenvalue weighted by molar-refractivity contribution is 5.94. The molecule has 7 heteroatoms. The molecule has 0 spiro atoms. The van der Waals surface area contributed by atoms with Gasteiger partial charge in [0.25, 0.3) is 5.91 Å². The lowest BCUT2D eigenvalue weighted by molar-refractivity contribution is -0.128. The van der Waals surface area contributed by atoms with Gasteiger partial charge in [-0.2, -0.15) is 0 Å². The Hall–Kier alpha value is -1.89. The van der Waals surface area contributed by atoms with Gasteiger partial charge in [-0.3, -0.25) is 4.79 Å². The largest absolute Gasteiger partial charge is 0.444 e. The van der Waals surface area contributed by atoms with Gasteiger partial charge < -0.3 is 19.8 Å². The number of hydrogen-bond donors (Lipinski definition) is 2. The smallest absolute Gasteiger partial charge is 0.254 e. The lowest BCUT2D eigenvalue weighted by atomic mass is 10.1. The summed E-state index contributed by atoms with van der Waals surface area (Å²) < 4.78 is 10.6. The highest BCUT2D eigenvalue weighted by Crippen LogP contribution is 2.22. The first-order chi connectivity index (χ1) is 9.83. The highest BCUT2D eigenvalue weighted by Gasteiger charge is 2.21. The van der Waals surface area contributed by atoms with Crippen molar-refractivity contribution in [1.29, 1.82) is 0 Å². The van der Waals surface area contributed by atoms with Gasteiger partial charge in [0.2, 0.25) is 0 Å². The number of rotatable bonds is 3. The number of aromatic nitrogens is 1. The molecule has 1 fully saturated rings. The molecule has 6 nitrogen and oxygen atoms in total. The van der Waals surface area contributed by atoms with Gasteiger partial charge in [-0.25, -0.2) is 4.98 Å². The summed E-state index contributed by atoms with van der Waals surface area (Å²) in [5, 5.41) is 5.97. The Kier molecular flexibility index (Phi) is 5.32. The SMILES string of the molecule is Cl.O=C(Nc1cccc(-c2cnco2)c1)C1CNCCO1. The molecule has 0 saturated carbocycles. The van der Waals surface area contributed by atoms with Gasteiger partial charge in [-0.05, 0) is 12.1 Å². The van der Waals surface area contributed by atoms with Crippen LogP contribution in [0.2, 0.25) is 0 Å². The van der Waals surface area contributed by atoms with E-state index in [9.17, 15) is 4.79 Å². The lowest BCUT2D eigenvalue weighted by Crippen LogP contribution is -2.45. The fourth-order valence-electron chi connectivity index (χ4n) is 2.07. The topological polar surface area (TPSA) is 76.4 Å². The molecule has 2 aromatic rings. The molecule has 21 heavy (non-hydrogen) atoms. The number of hydrogen-bond acceptors (Lipinski definition) is 5. The Morgan fingerprint density at radius 2 is 2.33 bits per heavy atom. The van der Waals surface area contributed by atoms with E-state index in [2.05, 4.69) is 15.6 Å². The molecule has 1 aromatic carbocycles. The zero-order valence-electron chi connectivity index (χ0n) is 11.2. The van der Waals surface area contributed by atoms with Gasteiger partial charge in [0.05, 0.1) is 12.8 Å². The average Bonchev–Trinajstić information content (AvgIpc) is 3.03. The van der Waals surface area contributed by atoms with Crippen LogP contribution in [0.3, 0.4) is 0 Å². The van der Waals surface area contributed by atoms with E-state index in [1.165, 1.54) is 6.39 Å². The number of anilines is 1. The summed E-state index contributed by atoms with van der Waals surface area (Å²) in [6.07, 6.45) is 2.56. The predicted molar refractivity (Wildman–Crippen MR) is 80.4 cm³/mol. The number of carbonyl (C=O) groups excluding carboxylic acids is 1.